The maximum Gasteiger partial charge on any atom is 0.321 e. The fourth-order valence-corrected chi connectivity index (χ4v) is 2.83. The van der Waals surface area contributed by atoms with Crippen LogP contribution in [0, 0.1) is 3.57 Å². The first-order valence-electron chi connectivity index (χ1n) is 7.41. The Morgan fingerprint density at radius 2 is 2.14 bits per heavy atom. The molecule has 0 radical (unpaired) electrons. The summed E-state index contributed by atoms with van der Waals surface area (Å²) in [4.78, 5) is 16.3. The maximum atomic E-state index is 12.3. The van der Waals surface area contributed by atoms with E-state index in [4.69, 9.17) is 4.74 Å². The highest BCUT2D eigenvalue weighted by Crippen LogP contribution is 2.13. The molecule has 0 unspecified atom stereocenters. The van der Waals surface area contributed by atoms with Crippen molar-refractivity contribution in [2.75, 3.05) is 57.9 Å². The van der Waals surface area contributed by atoms with Crippen molar-refractivity contribution in [2.45, 2.75) is 0 Å². The number of halogens is 1. The molecule has 1 aliphatic heterocycles. The Bertz CT molecular complexity index is 481. The molecule has 1 saturated heterocycles. The molecule has 1 heterocycles. The lowest BCUT2D eigenvalue weighted by molar-refractivity contribution is 0.0346. The highest BCUT2D eigenvalue weighted by molar-refractivity contribution is 14.1. The number of amides is 2. The van der Waals surface area contributed by atoms with Crippen molar-refractivity contribution < 1.29 is 14.6 Å². The molecular weight excluding hydrogens is 397 g/mol. The Balaban J connectivity index is 1.86. The summed E-state index contributed by atoms with van der Waals surface area (Å²) in [7, 11) is 0. The van der Waals surface area contributed by atoms with Gasteiger partial charge in [-0.3, -0.25) is 4.90 Å². The lowest BCUT2D eigenvalue weighted by atomic mass is 10.3. The van der Waals surface area contributed by atoms with Gasteiger partial charge in [0.25, 0.3) is 0 Å². The standard InChI is InChI=1S/C15H22IN3O3/c16-13-2-1-3-14(12-13)17-15(21)19(6-9-20)5-4-18-7-10-22-11-8-18/h1-3,12,20H,4-11H2,(H,17,21). The molecule has 7 heteroatoms. The molecule has 2 N–H and O–H groups in total. The Labute approximate surface area is 144 Å². The normalized spacial score (nSPS) is 15.5. The molecule has 0 atom stereocenters. The monoisotopic (exact) mass is 419 g/mol. The minimum atomic E-state index is -0.177. The summed E-state index contributed by atoms with van der Waals surface area (Å²) in [6, 6.07) is 7.47. The Kier molecular flexibility index (Phi) is 7.37. The van der Waals surface area contributed by atoms with Crippen molar-refractivity contribution in [2.24, 2.45) is 0 Å². The third-order valence-electron chi connectivity index (χ3n) is 3.52. The number of nitrogens with one attached hydrogen (secondary N) is 1. The Morgan fingerprint density at radius 3 is 2.82 bits per heavy atom. The quantitative estimate of drug-likeness (QED) is 0.686. The van der Waals surface area contributed by atoms with E-state index in [0.717, 1.165) is 42.1 Å². The summed E-state index contributed by atoms with van der Waals surface area (Å²) < 4.78 is 6.38. The summed E-state index contributed by atoms with van der Waals surface area (Å²) in [6.45, 7) is 4.96. The van der Waals surface area contributed by atoms with Gasteiger partial charge in [-0.25, -0.2) is 4.79 Å². The van der Waals surface area contributed by atoms with Crippen LogP contribution in [-0.2, 0) is 4.74 Å². The number of hydrogen-bond donors (Lipinski definition) is 2. The number of urea groups is 1. The van der Waals surface area contributed by atoms with Gasteiger partial charge in [0.2, 0.25) is 0 Å². The van der Waals surface area contributed by atoms with Gasteiger partial charge in [-0.05, 0) is 40.8 Å². The van der Waals surface area contributed by atoms with E-state index >= 15 is 0 Å². The number of rotatable bonds is 6. The zero-order valence-corrected chi connectivity index (χ0v) is 14.7. The van der Waals surface area contributed by atoms with Crippen molar-refractivity contribution in [3.8, 4) is 0 Å². The van der Waals surface area contributed by atoms with Gasteiger partial charge in [0.05, 0.1) is 19.8 Å². The molecule has 0 bridgehead atoms. The fourth-order valence-electron chi connectivity index (χ4n) is 2.29. The van der Waals surface area contributed by atoms with E-state index in [1.165, 1.54) is 0 Å². The van der Waals surface area contributed by atoms with Gasteiger partial charge < -0.3 is 20.1 Å². The molecule has 0 spiro atoms. The predicted molar refractivity (Wildman–Crippen MR) is 94.1 cm³/mol. The van der Waals surface area contributed by atoms with Crippen LogP contribution in [0.1, 0.15) is 0 Å². The second-order valence-corrected chi connectivity index (χ2v) is 6.35. The Morgan fingerprint density at radius 1 is 1.36 bits per heavy atom. The summed E-state index contributed by atoms with van der Waals surface area (Å²) in [5.41, 5.74) is 0.770. The van der Waals surface area contributed by atoms with E-state index in [1.54, 1.807) is 4.90 Å². The number of nitrogens with zero attached hydrogens (tertiary/aromatic N) is 2. The molecular formula is C15H22IN3O3. The van der Waals surface area contributed by atoms with Gasteiger partial charge >= 0.3 is 6.03 Å². The van der Waals surface area contributed by atoms with Crippen molar-refractivity contribution in [3.05, 3.63) is 27.8 Å². The fraction of sp³-hybridized carbons (Fsp3) is 0.533. The highest BCUT2D eigenvalue weighted by Gasteiger charge is 2.16. The maximum absolute atomic E-state index is 12.3. The molecule has 1 aliphatic rings. The zero-order valence-electron chi connectivity index (χ0n) is 12.5. The molecule has 0 aliphatic carbocycles. The van der Waals surface area contributed by atoms with Gasteiger partial charge in [-0.15, -0.1) is 0 Å². The molecule has 0 saturated carbocycles. The molecule has 2 amide bonds. The number of carbonyl (C=O) groups excluding carboxylic acids is 1. The van der Waals surface area contributed by atoms with E-state index in [-0.39, 0.29) is 12.6 Å². The van der Waals surface area contributed by atoms with Crippen LogP contribution in [-0.4, -0.2) is 73.5 Å². The van der Waals surface area contributed by atoms with Crippen LogP contribution in [0.5, 0.6) is 0 Å². The largest absolute Gasteiger partial charge is 0.395 e. The summed E-state index contributed by atoms with van der Waals surface area (Å²) >= 11 is 2.21. The van der Waals surface area contributed by atoms with Crippen LogP contribution >= 0.6 is 22.6 Å². The van der Waals surface area contributed by atoms with Crippen LogP contribution in [0.2, 0.25) is 0 Å². The van der Waals surface area contributed by atoms with Gasteiger partial charge in [0, 0.05) is 42.0 Å². The lowest BCUT2D eigenvalue weighted by Crippen LogP contribution is -2.45. The van der Waals surface area contributed by atoms with Crippen LogP contribution in [0.15, 0.2) is 24.3 Å². The average Bonchev–Trinajstić information content (AvgIpc) is 2.52. The van der Waals surface area contributed by atoms with E-state index < -0.39 is 0 Å². The van der Waals surface area contributed by atoms with Gasteiger partial charge in [-0.2, -0.15) is 0 Å². The average molecular weight is 419 g/mol. The number of carbonyl (C=O) groups is 1. The minimum absolute atomic E-state index is 0.0388. The summed E-state index contributed by atoms with van der Waals surface area (Å²) in [5.74, 6) is 0. The van der Waals surface area contributed by atoms with Crippen LogP contribution in [0.25, 0.3) is 0 Å². The Hall–Kier alpha value is -0.900. The minimum Gasteiger partial charge on any atom is -0.395 e. The molecule has 0 aromatic heterocycles. The number of morpholine rings is 1. The summed E-state index contributed by atoms with van der Waals surface area (Å²) in [5, 5.41) is 12.1. The smallest absolute Gasteiger partial charge is 0.321 e. The highest BCUT2D eigenvalue weighted by atomic mass is 127. The van der Waals surface area contributed by atoms with Crippen molar-refractivity contribution in [1.29, 1.82) is 0 Å². The SMILES string of the molecule is O=C(Nc1cccc(I)c1)N(CCO)CCN1CCOCC1. The van der Waals surface area contributed by atoms with Crippen molar-refractivity contribution in [1.82, 2.24) is 9.80 Å². The molecule has 2 rings (SSSR count). The molecule has 22 heavy (non-hydrogen) atoms. The lowest BCUT2D eigenvalue weighted by Gasteiger charge is -2.30. The molecule has 1 aromatic carbocycles. The third-order valence-corrected chi connectivity index (χ3v) is 4.19. The molecule has 122 valence electrons. The number of anilines is 1. The van der Waals surface area contributed by atoms with E-state index in [1.807, 2.05) is 24.3 Å². The predicted octanol–water partition coefficient (Wildman–Crippen LogP) is 1.45. The number of ether oxygens (including phenoxy) is 1. The first kappa shape index (κ1) is 17.5. The molecule has 1 aromatic rings. The molecule has 6 nitrogen and oxygen atoms in total. The second kappa shape index (κ2) is 9.29. The number of aliphatic hydroxyl groups is 1. The first-order valence-corrected chi connectivity index (χ1v) is 8.49. The van der Waals surface area contributed by atoms with Crippen LogP contribution in [0.3, 0.4) is 0 Å². The van der Waals surface area contributed by atoms with Crippen LogP contribution < -0.4 is 5.32 Å². The first-order chi connectivity index (χ1) is 10.7. The number of benzene rings is 1. The van der Waals surface area contributed by atoms with E-state index in [9.17, 15) is 9.90 Å². The van der Waals surface area contributed by atoms with E-state index in [0.29, 0.717) is 13.1 Å². The molecule has 1 fully saturated rings. The zero-order chi connectivity index (χ0) is 15.8. The third kappa shape index (κ3) is 5.71. The topological polar surface area (TPSA) is 65.0 Å². The number of hydrogen-bond acceptors (Lipinski definition) is 4. The summed E-state index contributed by atoms with van der Waals surface area (Å²) in [6.07, 6.45) is 0. The van der Waals surface area contributed by atoms with Gasteiger partial charge in [0.15, 0.2) is 0 Å². The van der Waals surface area contributed by atoms with Crippen molar-refractivity contribution in [3.63, 3.8) is 0 Å². The van der Waals surface area contributed by atoms with Gasteiger partial charge in [-0.1, -0.05) is 6.07 Å². The van der Waals surface area contributed by atoms with Crippen LogP contribution in [0.4, 0.5) is 10.5 Å². The van der Waals surface area contributed by atoms with Crippen molar-refractivity contribution >= 4 is 34.3 Å². The second-order valence-electron chi connectivity index (χ2n) is 5.11. The van der Waals surface area contributed by atoms with Gasteiger partial charge in [0.1, 0.15) is 0 Å². The van der Waals surface area contributed by atoms with E-state index in [2.05, 4.69) is 32.8 Å². The number of aliphatic hydroxyl groups excluding tert-OH is 1.